The molecule has 0 saturated carbocycles. The van der Waals surface area contributed by atoms with Gasteiger partial charge in [0.05, 0.1) is 17.0 Å². The molecule has 8 heteroatoms. The molecule has 0 aliphatic rings. The summed E-state index contributed by atoms with van der Waals surface area (Å²) in [6.07, 6.45) is 0. The number of hydrogen-bond acceptors (Lipinski definition) is 4. The van der Waals surface area contributed by atoms with Crippen LogP contribution in [0.1, 0.15) is 24.2 Å². The highest BCUT2D eigenvalue weighted by atomic mass is 32.2. The highest BCUT2D eigenvalue weighted by Gasteiger charge is 2.17. The van der Waals surface area contributed by atoms with Crippen LogP contribution in [0.4, 0.5) is 0 Å². The number of aromatic carboxylic acids is 1. The molecule has 0 spiro atoms. The maximum absolute atomic E-state index is 11.9. The van der Waals surface area contributed by atoms with E-state index in [9.17, 15) is 18.0 Å². The van der Waals surface area contributed by atoms with Crippen molar-refractivity contribution in [1.29, 1.82) is 0 Å². The Kier molecular flexibility index (Phi) is 5.23. The molecule has 1 aromatic carbocycles. The van der Waals surface area contributed by atoms with Crippen LogP contribution in [0.25, 0.3) is 0 Å². The van der Waals surface area contributed by atoms with Crippen molar-refractivity contribution in [1.82, 2.24) is 10.0 Å². The van der Waals surface area contributed by atoms with Crippen LogP contribution < -0.4 is 10.0 Å². The van der Waals surface area contributed by atoms with Gasteiger partial charge >= 0.3 is 5.97 Å². The van der Waals surface area contributed by atoms with Gasteiger partial charge in [-0.15, -0.1) is 0 Å². The van der Waals surface area contributed by atoms with E-state index >= 15 is 0 Å². The van der Waals surface area contributed by atoms with E-state index in [1.54, 1.807) is 13.8 Å². The van der Waals surface area contributed by atoms with Gasteiger partial charge < -0.3 is 10.4 Å². The van der Waals surface area contributed by atoms with E-state index in [1.807, 2.05) is 0 Å². The Bertz CT molecular complexity index is 610. The van der Waals surface area contributed by atoms with E-state index in [-0.39, 0.29) is 16.5 Å². The minimum atomic E-state index is -3.92. The quantitative estimate of drug-likeness (QED) is 0.694. The molecular formula is C12H16N2O5S. The molecule has 0 radical (unpaired) electrons. The third kappa shape index (κ3) is 4.63. The average Bonchev–Trinajstić information content (AvgIpc) is 2.36. The molecule has 0 aromatic heterocycles. The van der Waals surface area contributed by atoms with E-state index in [2.05, 4.69) is 10.0 Å². The Labute approximate surface area is 117 Å². The zero-order chi connectivity index (χ0) is 15.3. The Morgan fingerprint density at radius 3 is 2.50 bits per heavy atom. The van der Waals surface area contributed by atoms with Gasteiger partial charge in [0.15, 0.2) is 0 Å². The Hall–Kier alpha value is -1.93. The molecule has 0 aliphatic carbocycles. The standard InChI is InChI=1S/C12H16N2O5S/c1-8(2)14-11(15)7-13-20(18,19)10-5-3-4-9(6-10)12(16)17/h3-6,8,13H,7H2,1-2H3,(H,14,15)(H,16,17). The normalized spacial score (nSPS) is 11.3. The lowest BCUT2D eigenvalue weighted by molar-refractivity contribution is -0.120. The lowest BCUT2D eigenvalue weighted by atomic mass is 10.2. The summed E-state index contributed by atoms with van der Waals surface area (Å²) in [6, 6.07) is 4.81. The van der Waals surface area contributed by atoms with Gasteiger partial charge in [-0.1, -0.05) is 6.07 Å². The summed E-state index contributed by atoms with van der Waals surface area (Å²) in [5, 5.41) is 11.3. The van der Waals surface area contributed by atoms with Crippen molar-refractivity contribution in [3.8, 4) is 0 Å². The first kappa shape index (κ1) is 16.1. The van der Waals surface area contributed by atoms with Crippen LogP contribution in [0.3, 0.4) is 0 Å². The number of benzene rings is 1. The molecule has 0 fully saturated rings. The highest BCUT2D eigenvalue weighted by Crippen LogP contribution is 2.11. The fourth-order valence-corrected chi connectivity index (χ4v) is 2.44. The largest absolute Gasteiger partial charge is 0.478 e. The number of carboxylic acids is 1. The van der Waals surface area contributed by atoms with E-state index in [4.69, 9.17) is 5.11 Å². The van der Waals surface area contributed by atoms with Crippen molar-refractivity contribution >= 4 is 21.9 Å². The maximum Gasteiger partial charge on any atom is 0.335 e. The zero-order valence-electron chi connectivity index (χ0n) is 11.1. The van der Waals surface area contributed by atoms with Gasteiger partial charge in [-0.2, -0.15) is 0 Å². The third-order valence-corrected chi connectivity index (χ3v) is 3.66. The van der Waals surface area contributed by atoms with Crippen molar-refractivity contribution in [3.63, 3.8) is 0 Å². The highest BCUT2D eigenvalue weighted by molar-refractivity contribution is 7.89. The SMILES string of the molecule is CC(C)NC(=O)CNS(=O)(=O)c1cccc(C(=O)O)c1. The summed E-state index contributed by atoms with van der Waals surface area (Å²) in [5.41, 5.74) is -0.139. The number of nitrogens with one attached hydrogen (secondary N) is 2. The second-order valence-electron chi connectivity index (χ2n) is 4.38. The number of rotatable bonds is 6. The molecule has 1 rings (SSSR count). The Morgan fingerprint density at radius 2 is 1.95 bits per heavy atom. The van der Waals surface area contributed by atoms with Gasteiger partial charge in [0.1, 0.15) is 0 Å². The van der Waals surface area contributed by atoms with Crippen LogP contribution in [-0.4, -0.2) is 38.0 Å². The molecule has 0 heterocycles. The molecule has 0 bridgehead atoms. The van der Waals surface area contributed by atoms with Crippen LogP contribution in [0.5, 0.6) is 0 Å². The van der Waals surface area contributed by atoms with Crippen molar-refractivity contribution in [2.45, 2.75) is 24.8 Å². The molecule has 110 valence electrons. The summed E-state index contributed by atoms with van der Waals surface area (Å²) in [7, 11) is -3.92. The van der Waals surface area contributed by atoms with Crippen LogP contribution >= 0.6 is 0 Å². The molecular weight excluding hydrogens is 284 g/mol. The number of amides is 1. The molecule has 1 aromatic rings. The lowest BCUT2D eigenvalue weighted by Gasteiger charge is -2.10. The van der Waals surface area contributed by atoms with Crippen molar-refractivity contribution in [3.05, 3.63) is 29.8 Å². The Balaban J connectivity index is 2.81. The maximum atomic E-state index is 11.9. The first-order chi connectivity index (χ1) is 9.22. The van der Waals surface area contributed by atoms with E-state index in [0.29, 0.717) is 0 Å². The van der Waals surface area contributed by atoms with Gasteiger partial charge in [0.2, 0.25) is 15.9 Å². The first-order valence-electron chi connectivity index (χ1n) is 5.85. The van der Waals surface area contributed by atoms with Gasteiger partial charge in [-0.05, 0) is 32.0 Å². The van der Waals surface area contributed by atoms with E-state index in [0.717, 1.165) is 6.07 Å². The minimum absolute atomic E-state index is 0.0951. The summed E-state index contributed by atoms with van der Waals surface area (Å²) < 4.78 is 25.9. The summed E-state index contributed by atoms with van der Waals surface area (Å²) in [4.78, 5) is 22.0. The molecule has 3 N–H and O–H groups in total. The van der Waals surface area contributed by atoms with Crippen LogP contribution in [0, 0.1) is 0 Å². The predicted molar refractivity (Wildman–Crippen MR) is 71.9 cm³/mol. The molecule has 0 unspecified atom stereocenters. The van der Waals surface area contributed by atoms with Crippen LogP contribution in [0.15, 0.2) is 29.2 Å². The zero-order valence-corrected chi connectivity index (χ0v) is 11.9. The molecule has 0 aliphatic heterocycles. The van der Waals surface area contributed by atoms with Gasteiger partial charge in [-0.3, -0.25) is 4.79 Å². The van der Waals surface area contributed by atoms with Crippen molar-refractivity contribution in [2.24, 2.45) is 0 Å². The van der Waals surface area contributed by atoms with Crippen LogP contribution in [-0.2, 0) is 14.8 Å². The average molecular weight is 300 g/mol. The van der Waals surface area contributed by atoms with Crippen molar-refractivity contribution < 1.29 is 23.1 Å². The second kappa shape index (κ2) is 6.49. The number of hydrogen-bond donors (Lipinski definition) is 3. The van der Waals surface area contributed by atoms with E-state index < -0.39 is 28.4 Å². The molecule has 20 heavy (non-hydrogen) atoms. The van der Waals surface area contributed by atoms with E-state index in [1.165, 1.54) is 18.2 Å². The number of carboxylic acid groups (broad SMARTS) is 1. The molecule has 1 amide bonds. The Morgan fingerprint density at radius 1 is 1.30 bits per heavy atom. The summed E-state index contributed by atoms with van der Waals surface area (Å²) in [6.45, 7) is 3.10. The topological polar surface area (TPSA) is 113 Å². The lowest BCUT2D eigenvalue weighted by Crippen LogP contribution is -2.39. The van der Waals surface area contributed by atoms with Gasteiger partial charge in [0.25, 0.3) is 0 Å². The smallest absolute Gasteiger partial charge is 0.335 e. The number of carbonyl (C=O) groups is 2. The summed E-state index contributed by atoms with van der Waals surface area (Å²) in [5.74, 6) is -1.68. The second-order valence-corrected chi connectivity index (χ2v) is 6.15. The number of carbonyl (C=O) groups excluding carboxylic acids is 1. The fourth-order valence-electron chi connectivity index (χ4n) is 1.41. The van der Waals surface area contributed by atoms with Gasteiger partial charge in [-0.25, -0.2) is 17.9 Å². The monoisotopic (exact) mass is 300 g/mol. The van der Waals surface area contributed by atoms with Crippen LogP contribution in [0.2, 0.25) is 0 Å². The van der Waals surface area contributed by atoms with Crippen molar-refractivity contribution in [2.75, 3.05) is 6.54 Å². The minimum Gasteiger partial charge on any atom is -0.478 e. The first-order valence-corrected chi connectivity index (χ1v) is 7.33. The molecule has 7 nitrogen and oxygen atoms in total. The van der Waals surface area contributed by atoms with Gasteiger partial charge in [0, 0.05) is 6.04 Å². The third-order valence-electron chi connectivity index (χ3n) is 2.26. The molecule has 0 atom stereocenters. The predicted octanol–water partition coefficient (Wildman–Crippen LogP) is 0.188. The fraction of sp³-hybridized carbons (Fsp3) is 0.333. The number of sulfonamides is 1. The molecule has 0 saturated heterocycles. The summed E-state index contributed by atoms with van der Waals surface area (Å²) >= 11 is 0.